The average Bonchev–Trinajstić information content (AvgIpc) is 2.09. The van der Waals surface area contributed by atoms with E-state index >= 15 is 0 Å². The smallest absolute Gasteiger partial charge is 0.481 e. The standard InChI is InChI=1S/C8H12BNO3/c1-5-4-7(9(11)12)10-8(13-3)6(5)2/h4,11-12H,1-3H3. The third-order valence-corrected chi connectivity index (χ3v) is 1.97. The number of hydrogen-bond donors (Lipinski definition) is 2. The van der Waals surface area contributed by atoms with Gasteiger partial charge in [-0.25, -0.2) is 4.98 Å². The van der Waals surface area contributed by atoms with Crippen molar-refractivity contribution in [3.05, 3.63) is 17.2 Å². The van der Waals surface area contributed by atoms with Crippen LogP contribution in [0.4, 0.5) is 0 Å². The molecule has 5 heteroatoms. The number of ether oxygens (including phenoxy) is 1. The Morgan fingerprint density at radius 2 is 2.00 bits per heavy atom. The van der Waals surface area contributed by atoms with Crippen molar-refractivity contribution in [2.45, 2.75) is 13.8 Å². The third-order valence-electron chi connectivity index (χ3n) is 1.97. The van der Waals surface area contributed by atoms with Crippen LogP contribution in [-0.2, 0) is 0 Å². The molecule has 0 aliphatic rings. The molecule has 0 bridgehead atoms. The fourth-order valence-electron chi connectivity index (χ4n) is 1.06. The number of methoxy groups -OCH3 is 1. The minimum atomic E-state index is -1.55. The normalized spacial score (nSPS) is 9.92. The highest BCUT2D eigenvalue weighted by atomic mass is 16.5. The molecule has 0 aliphatic heterocycles. The monoisotopic (exact) mass is 181 g/mol. The van der Waals surface area contributed by atoms with Crippen LogP contribution in [0.3, 0.4) is 0 Å². The van der Waals surface area contributed by atoms with Crippen LogP contribution in [0.2, 0.25) is 0 Å². The quantitative estimate of drug-likeness (QED) is 0.597. The predicted molar refractivity (Wildman–Crippen MR) is 50.1 cm³/mol. The van der Waals surface area contributed by atoms with Crippen molar-refractivity contribution in [3.8, 4) is 5.88 Å². The Morgan fingerprint density at radius 3 is 2.46 bits per heavy atom. The van der Waals surface area contributed by atoms with Crippen LogP contribution in [0.15, 0.2) is 6.07 Å². The molecule has 4 nitrogen and oxygen atoms in total. The molecule has 0 saturated carbocycles. The van der Waals surface area contributed by atoms with E-state index in [1.165, 1.54) is 7.11 Å². The summed E-state index contributed by atoms with van der Waals surface area (Å²) in [5.74, 6) is 0.433. The van der Waals surface area contributed by atoms with E-state index in [4.69, 9.17) is 14.8 Å². The van der Waals surface area contributed by atoms with E-state index in [9.17, 15) is 0 Å². The maximum absolute atomic E-state index is 8.90. The SMILES string of the molecule is COc1nc(B(O)O)cc(C)c1C. The molecule has 1 heterocycles. The lowest BCUT2D eigenvalue weighted by atomic mass is 9.84. The number of aromatic nitrogens is 1. The van der Waals surface area contributed by atoms with Gasteiger partial charge in [-0.15, -0.1) is 0 Å². The number of nitrogens with zero attached hydrogens (tertiary/aromatic N) is 1. The number of rotatable bonds is 2. The molecule has 2 N–H and O–H groups in total. The van der Waals surface area contributed by atoms with Crippen LogP contribution in [0.5, 0.6) is 5.88 Å². The van der Waals surface area contributed by atoms with Crippen molar-refractivity contribution in [3.63, 3.8) is 0 Å². The highest BCUT2D eigenvalue weighted by molar-refractivity contribution is 6.57. The largest absolute Gasteiger partial charge is 0.508 e. The molecule has 1 aromatic rings. The first kappa shape index (κ1) is 10.0. The van der Waals surface area contributed by atoms with E-state index in [0.29, 0.717) is 5.88 Å². The Bertz CT molecular complexity index is 315. The molecule has 0 radical (unpaired) electrons. The molecule has 13 heavy (non-hydrogen) atoms. The Balaban J connectivity index is 3.22. The lowest BCUT2D eigenvalue weighted by molar-refractivity contribution is 0.391. The number of aryl methyl sites for hydroxylation is 1. The molecule has 0 unspecified atom stereocenters. The molecule has 70 valence electrons. The summed E-state index contributed by atoms with van der Waals surface area (Å²) in [6, 6.07) is 1.63. The van der Waals surface area contributed by atoms with Crippen molar-refractivity contribution in [2.24, 2.45) is 0 Å². The van der Waals surface area contributed by atoms with Crippen LogP contribution in [0.1, 0.15) is 11.1 Å². The molecular formula is C8H12BNO3. The minimum absolute atomic E-state index is 0.208. The van der Waals surface area contributed by atoms with Gasteiger partial charge in [-0.2, -0.15) is 0 Å². The summed E-state index contributed by atoms with van der Waals surface area (Å²) in [4.78, 5) is 3.93. The molecule has 0 atom stereocenters. The first-order valence-corrected chi connectivity index (χ1v) is 3.94. The van der Waals surface area contributed by atoms with Gasteiger partial charge in [0.15, 0.2) is 0 Å². The molecule has 0 aliphatic carbocycles. The summed E-state index contributed by atoms with van der Waals surface area (Å²) >= 11 is 0. The van der Waals surface area contributed by atoms with Gasteiger partial charge in [-0.3, -0.25) is 0 Å². The zero-order valence-corrected chi connectivity index (χ0v) is 7.90. The lowest BCUT2D eigenvalue weighted by Gasteiger charge is -2.08. The zero-order chi connectivity index (χ0) is 10.0. The van der Waals surface area contributed by atoms with Crippen LogP contribution >= 0.6 is 0 Å². The summed E-state index contributed by atoms with van der Waals surface area (Å²) in [5, 5.41) is 17.8. The summed E-state index contributed by atoms with van der Waals surface area (Å²) in [6.07, 6.45) is 0. The molecule has 0 aromatic carbocycles. The summed E-state index contributed by atoms with van der Waals surface area (Å²) < 4.78 is 4.98. The van der Waals surface area contributed by atoms with Crippen molar-refractivity contribution < 1.29 is 14.8 Å². The van der Waals surface area contributed by atoms with Gasteiger partial charge in [-0.05, 0) is 25.5 Å². The van der Waals surface area contributed by atoms with Gasteiger partial charge in [0.1, 0.15) is 0 Å². The van der Waals surface area contributed by atoms with E-state index in [1.807, 2.05) is 13.8 Å². The highest BCUT2D eigenvalue weighted by Gasteiger charge is 2.16. The van der Waals surface area contributed by atoms with Crippen LogP contribution in [-0.4, -0.2) is 29.3 Å². The van der Waals surface area contributed by atoms with E-state index < -0.39 is 7.12 Å². The average molecular weight is 181 g/mol. The maximum Gasteiger partial charge on any atom is 0.508 e. The maximum atomic E-state index is 8.90. The second-order valence-corrected chi connectivity index (χ2v) is 2.87. The molecule has 0 saturated heterocycles. The van der Waals surface area contributed by atoms with Crippen molar-refractivity contribution in [2.75, 3.05) is 7.11 Å². The first-order chi connectivity index (χ1) is 6.06. The Kier molecular flexibility index (Phi) is 2.90. The predicted octanol–water partition coefficient (Wildman–Crippen LogP) is -0.613. The molecule has 0 spiro atoms. The molecule has 0 fully saturated rings. The first-order valence-electron chi connectivity index (χ1n) is 3.94. The van der Waals surface area contributed by atoms with E-state index in [-0.39, 0.29) is 5.59 Å². The molecule has 0 amide bonds. The number of pyridine rings is 1. The lowest BCUT2D eigenvalue weighted by Crippen LogP contribution is -2.33. The van der Waals surface area contributed by atoms with Gasteiger partial charge in [0.05, 0.1) is 12.7 Å². The van der Waals surface area contributed by atoms with E-state index in [0.717, 1.165) is 11.1 Å². The molecule has 1 rings (SSSR count). The van der Waals surface area contributed by atoms with Crippen LogP contribution in [0, 0.1) is 13.8 Å². The summed E-state index contributed by atoms with van der Waals surface area (Å²) in [6.45, 7) is 3.74. The van der Waals surface area contributed by atoms with Gasteiger partial charge >= 0.3 is 7.12 Å². The second kappa shape index (κ2) is 3.76. The van der Waals surface area contributed by atoms with Gasteiger partial charge in [0, 0.05) is 5.56 Å². The van der Waals surface area contributed by atoms with Crippen LogP contribution < -0.4 is 10.3 Å². The number of hydrogen-bond acceptors (Lipinski definition) is 4. The van der Waals surface area contributed by atoms with Crippen LogP contribution in [0.25, 0.3) is 0 Å². The summed E-state index contributed by atoms with van der Waals surface area (Å²) in [7, 11) is -0.0457. The minimum Gasteiger partial charge on any atom is -0.481 e. The Hall–Kier alpha value is -1.07. The van der Waals surface area contributed by atoms with Crippen molar-refractivity contribution in [1.29, 1.82) is 0 Å². The van der Waals surface area contributed by atoms with Gasteiger partial charge < -0.3 is 14.8 Å². The fourth-order valence-corrected chi connectivity index (χ4v) is 1.06. The van der Waals surface area contributed by atoms with Crippen molar-refractivity contribution >= 4 is 12.7 Å². The summed E-state index contributed by atoms with van der Waals surface area (Å²) in [5.41, 5.74) is 2.04. The fraction of sp³-hybridized carbons (Fsp3) is 0.375. The highest BCUT2D eigenvalue weighted by Crippen LogP contribution is 2.15. The second-order valence-electron chi connectivity index (χ2n) is 2.87. The van der Waals surface area contributed by atoms with Gasteiger partial charge in [0.2, 0.25) is 5.88 Å². The van der Waals surface area contributed by atoms with E-state index in [2.05, 4.69) is 4.98 Å². The van der Waals surface area contributed by atoms with Gasteiger partial charge in [-0.1, -0.05) is 0 Å². The zero-order valence-electron chi connectivity index (χ0n) is 7.90. The third kappa shape index (κ3) is 1.99. The van der Waals surface area contributed by atoms with E-state index in [1.54, 1.807) is 6.07 Å². The Morgan fingerprint density at radius 1 is 1.38 bits per heavy atom. The molecular weight excluding hydrogens is 169 g/mol. The molecule has 1 aromatic heterocycles. The Labute approximate surface area is 77.3 Å². The topological polar surface area (TPSA) is 62.6 Å². The van der Waals surface area contributed by atoms with Crippen molar-refractivity contribution in [1.82, 2.24) is 4.98 Å². The van der Waals surface area contributed by atoms with Gasteiger partial charge in [0.25, 0.3) is 0 Å².